The Morgan fingerprint density at radius 2 is 2.00 bits per heavy atom. The zero-order chi connectivity index (χ0) is 13.9. The van der Waals surface area contributed by atoms with Gasteiger partial charge in [-0.25, -0.2) is 0 Å². The molecule has 1 fully saturated rings. The van der Waals surface area contributed by atoms with Crippen LogP contribution in [0.5, 0.6) is 11.5 Å². The van der Waals surface area contributed by atoms with Crippen molar-refractivity contribution in [3.63, 3.8) is 0 Å². The van der Waals surface area contributed by atoms with Gasteiger partial charge in [0.15, 0.2) is 0 Å². The summed E-state index contributed by atoms with van der Waals surface area (Å²) < 4.78 is 5.53. The summed E-state index contributed by atoms with van der Waals surface area (Å²) in [4.78, 5) is 0. The van der Waals surface area contributed by atoms with Gasteiger partial charge in [0.05, 0.1) is 18.2 Å². The van der Waals surface area contributed by atoms with Crippen molar-refractivity contribution in [2.24, 2.45) is 0 Å². The number of rotatable bonds is 5. The van der Waals surface area contributed by atoms with E-state index in [4.69, 9.17) is 4.74 Å². The van der Waals surface area contributed by atoms with E-state index in [0.29, 0.717) is 12.1 Å². The summed E-state index contributed by atoms with van der Waals surface area (Å²) >= 11 is 0. The van der Waals surface area contributed by atoms with Crippen LogP contribution in [-0.2, 0) is 10.3 Å². The van der Waals surface area contributed by atoms with Crippen LogP contribution in [0.3, 0.4) is 0 Å². The minimum atomic E-state index is -0.720. The standard InChI is InChI=1S/C14H21NO4/c1-14(9-16,15-8-13-3-2-4-19-13)10-5-11(17)7-12(18)6-10/h5-7,13,15-18H,2-4,8-9H2,1H3. The normalized spacial score (nSPS) is 22.3. The molecule has 5 heteroatoms. The van der Waals surface area contributed by atoms with Crippen LogP contribution < -0.4 is 5.32 Å². The van der Waals surface area contributed by atoms with Crippen LogP contribution in [0.2, 0.25) is 0 Å². The van der Waals surface area contributed by atoms with Gasteiger partial charge >= 0.3 is 0 Å². The first-order valence-electron chi connectivity index (χ1n) is 6.54. The zero-order valence-corrected chi connectivity index (χ0v) is 11.1. The second-order valence-electron chi connectivity index (χ2n) is 5.24. The van der Waals surface area contributed by atoms with Gasteiger partial charge in [-0.15, -0.1) is 0 Å². The Hall–Kier alpha value is -1.30. The van der Waals surface area contributed by atoms with Crippen molar-refractivity contribution >= 4 is 0 Å². The van der Waals surface area contributed by atoms with E-state index in [-0.39, 0.29) is 24.2 Å². The van der Waals surface area contributed by atoms with Crippen molar-refractivity contribution in [3.05, 3.63) is 23.8 Å². The molecule has 0 aromatic heterocycles. The third-order valence-corrected chi connectivity index (χ3v) is 3.60. The average molecular weight is 267 g/mol. The van der Waals surface area contributed by atoms with Crippen LogP contribution >= 0.6 is 0 Å². The van der Waals surface area contributed by atoms with Crippen molar-refractivity contribution < 1.29 is 20.1 Å². The number of aliphatic hydroxyl groups excluding tert-OH is 1. The fourth-order valence-corrected chi connectivity index (χ4v) is 2.31. The molecule has 4 N–H and O–H groups in total. The molecule has 1 aromatic carbocycles. The maximum Gasteiger partial charge on any atom is 0.119 e. The highest BCUT2D eigenvalue weighted by Crippen LogP contribution is 2.28. The van der Waals surface area contributed by atoms with Gasteiger partial charge in [-0.05, 0) is 37.5 Å². The van der Waals surface area contributed by atoms with Gasteiger partial charge in [-0.2, -0.15) is 0 Å². The molecular formula is C14H21NO4. The molecule has 1 heterocycles. The zero-order valence-electron chi connectivity index (χ0n) is 11.1. The van der Waals surface area contributed by atoms with E-state index < -0.39 is 5.54 Å². The molecule has 0 radical (unpaired) electrons. The fraction of sp³-hybridized carbons (Fsp3) is 0.571. The number of phenolic OH excluding ortho intramolecular Hbond substituents is 2. The summed E-state index contributed by atoms with van der Waals surface area (Å²) in [6.45, 7) is 3.11. The van der Waals surface area contributed by atoms with Crippen LogP contribution in [-0.4, -0.2) is 41.2 Å². The van der Waals surface area contributed by atoms with Crippen molar-refractivity contribution in [2.45, 2.75) is 31.4 Å². The number of hydrogen-bond donors (Lipinski definition) is 4. The Kier molecular flexibility index (Phi) is 4.29. The van der Waals surface area contributed by atoms with Crippen molar-refractivity contribution in [3.8, 4) is 11.5 Å². The molecule has 1 aliphatic heterocycles. The average Bonchev–Trinajstić information content (AvgIpc) is 2.88. The molecule has 0 amide bonds. The number of hydrogen-bond acceptors (Lipinski definition) is 5. The molecule has 106 valence electrons. The number of nitrogens with one attached hydrogen (secondary N) is 1. The Morgan fingerprint density at radius 1 is 1.32 bits per heavy atom. The molecule has 19 heavy (non-hydrogen) atoms. The molecule has 2 atom stereocenters. The monoisotopic (exact) mass is 267 g/mol. The lowest BCUT2D eigenvalue weighted by atomic mass is 9.92. The van der Waals surface area contributed by atoms with Gasteiger partial charge in [-0.3, -0.25) is 0 Å². The molecule has 0 spiro atoms. The number of benzene rings is 1. The number of aromatic hydroxyl groups is 2. The molecule has 1 aromatic rings. The summed E-state index contributed by atoms with van der Waals surface area (Å²) in [6.07, 6.45) is 2.24. The fourth-order valence-electron chi connectivity index (χ4n) is 2.31. The highest BCUT2D eigenvalue weighted by molar-refractivity contribution is 5.40. The summed E-state index contributed by atoms with van der Waals surface area (Å²) in [7, 11) is 0. The number of ether oxygens (including phenoxy) is 1. The van der Waals surface area contributed by atoms with Crippen LogP contribution in [0.1, 0.15) is 25.3 Å². The first kappa shape index (κ1) is 14.1. The van der Waals surface area contributed by atoms with Crippen LogP contribution in [0.25, 0.3) is 0 Å². The summed E-state index contributed by atoms with van der Waals surface area (Å²) in [5.74, 6) is -0.0396. The number of phenols is 2. The van der Waals surface area contributed by atoms with Crippen molar-refractivity contribution in [1.29, 1.82) is 0 Å². The lowest BCUT2D eigenvalue weighted by Gasteiger charge is -2.31. The molecule has 2 unspecified atom stereocenters. The van der Waals surface area contributed by atoms with E-state index in [9.17, 15) is 15.3 Å². The minimum Gasteiger partial charge on any atom is -0.508 e. The molecule has 0 aliphatic carbocycles. The maximum absolute atomic E-state index is 9.63. The van der Waals surface area contributed by atoms with E-state index >= 15 is 0 Å². The third kappa shape index (κ3) is 3.37. The lowest BCUT2D eigenvalue weighted by Crippen LogP contribution is -2.46. The largest absolute Gasteiger partial charge is 0.508 e. The van der Waals surface area contributed by atoms with E-state index in [1.807, 2.05) is 6.92 Å². The highest BCUT2D eigenvalue weighted by Gasteiger charge is 2.28. The predicted octanol–water partition coefficient (Wildman–Crippen LogP) is 1.07. The Bertz CT molecular complexity index is 411. The maximum atomic E-state index is 9.63. The Balaban J connectivity index is 2.10. The SMILES string of the molecule is CC(CO)(NCC1CCCO1)c1cc(O)cc(O)c1. The predicted molar refractivity (Wildman–Crippen MR) is 71.2 cm³/mol. The highest BCUT2D eigenvalue weighted by atomic mass is 16.5. The summed E-state index contributed by atoms with van der Waals surface area (Å²) in [6, 6.07) is 4.35. The topological polar surface area (TPSA) is 82.0 Å². The molecule has 1 aliphatic rings. The molecule has 0 saturated carbocycles. The molecule has 5 nitrogen and oxygen atoms in total. The number of aliphatic hydroxyl groups is 1. The van der Waals surface area contributed by atoms with Gasteiger partial charge in [0.1, 0.15) is 11.5 Å². The van der Waals surface area contributed by atoms with Gasteiger partial charge in [-0.1, -0.05) is 0 Å². The van der Waals surface area contributed by atoms with Crippen molar-refractivity contribution in [1.82, 2.24) is 5.32 Å². The van der Waals surface area contributed by atoms with Crippen molar-refractivity contribution in [2.75, 3.05) is 19.8 Å². The smallest absolute Gasteiger partial charge is 0.119 e. The van der Waals surface area contributed by atoms with E-state index in [1.54, 1.807) is 12.1 Å². The summed E-state index contributed by atoms with van der Waals surface area (Å²) in [5.41, 5.74) is -0.0761. The van der Waals surface area contributed by atoms with E-state index in [1.165, 1.54) is 6.07 Å². The minimum absolute atomic E-state index is 0.0198. The second-order valence-corrected chi connectivity index (χ2v) is 5.24. The van der Waals surface area contributed by atoms with Crippen LogP contribution in [0.15, 0.2) is 18.2 Å². The Labute approximate surface area is 112 Å². The van der Waals surface area contributed by atoms with E-state index in [0.717, 1.165) is 19.4 Å². The quantitative estimate of drug-likeness (QED) is 0.641. The first-order chi connectivity index (χ1) is 9.03. The van der Waals surface area contributed by atoms with Gasteiger partial charge in [0.2, 0.25) is 0 Å². The third-order valence-electron chi connectivity index (χ3n) is 3.60. The van der Waals surface area contributed by atoms with Gasteiger partial charge < -0.3 is 25.4 Å². The Morgan fingerprint density at radius 3 is 2.53 bits per heavy atom. The van der Waals surface area contributed by atoms with Gasteiger partial charge in [0.25, 0.3) is 0 Å². The molecule has 2 rings (SSSR count). The second kappa shape index (κ2) is 5.77. The van der Waals surface area contributed by atoms with Crippen LogP contribution in [0, 0.1) is 0 Å². The lowest BCUT2D eigenvalue weighted by molar-refractivity contribution is 0.0909. The van der Waals surface area contributed by atoms with Crippen LogP contribution in [0.4, 0.5) is 0 Å². The molecular weight excluding hydrogens is 246 g/mol. The summed E-state index contributed by atoms with van der Waals surface area (Å²) in [5, 5.41) is 32.0. The van der Waals surface area contributed by atoms with E-state index in [2.05, 4.69) is 5.32 Å². The van der Waals surface area contributed by atoms with Gasteiger partial charge in [0, 0.05) is 19.2 Å². The molecule has 0 bridgehead atoms. The molecule has 1 saturated heterocycles. The first-order valence-corrected chi connectivity index (χ1v) is 6.54.